The van der Waals surface area contributed by atoms with Crippen molar-refractivity contribution in [3.63, 3.8) is 0 Å². The summed E-state index contributed by atoms with van der Waals surface area (Å²) in [5.41, 5.74) is 6.28. The number of nitrogens with two attached hydrogens (primary N) is 1. The molecule has 1 atom stereocenters. The van der Waals surface area contributed by atoms with Crippen molar-refractivity contribution in [2.45, 2.75) is 32.7 Å². The predicted molar refractivity (Wildman–Crippen MR) is 87.0 cm³/mol. The van der Waals surface area contributed by atoms with Gasteiger partial charge in [0.1, 0.15) is 0 Å². The Morgan fingerprint density at radius 3 is 2.52 bits per heavy atom. The van der Waals surface area contributed by atoms with Crippen LogP contribution in [0.2, 0.25) is 0 Å². The van der Waals surface area contributed by atoms with Crippen molar-refractivity contribution in [2.24, 2.45) is 17.1 Å². The summed E-state index contributed by atoms with van der Waals surface area (Å²) in [6, 6.07) is 10.00. The molecule has 1 aromatic rings. The Hall–Kier alpha value is -1.39. The maximum absolute atomic E-state index is 12.5. The number of carbonyl (C=O) groups is 1. The second kappa shape index (κ2) is 6.58. The Labute approximate surface area is 127 Å². The molecule has 1 aliphatic rings. The maximum atomic E-state index is 12.5. The van der Waals surface area contributed by atoms with E-state index in [-0.39, 0.29) is 5.91 Å². The number of benzene rings is 1. The maximum Gasteiger partial charge on any atom is 0.231 e. The molecule has 0 saturated heterocycles. The van der Waals surface area contributed by atoms with Gasteiger partial charge in [-0.1, -0.05) is 18.2 Å². The Morgan fingerprint density at radius 1 is 1.38 bits per heavy atom. The average molecular weight is 289 g/mol. The number of rotatable bonds is 7. The Balaban J connectivity index is 1.94. The van der Waals surface area contributed by atoms with Gasteiger partial charge in [0.05, 0.1) is 5.41 Å². The van der Waals surface area contributed by atoms with Crippen LogP contribution >= 0.6 is 0 Å². The topological polar surface area (TPSA) is 58.4 Å². The zero-order valence-electron chi connectivity index (χ0n) is 13.3. The first-order valence-corrected chi connectivity index (χ1v) is 7.71. The van der Waals surface area contributed by atoms with E-state index >= 15 is 0 Å². The average Bonchev–Trinajstić information content (AvgIpc) is 3.24. The van der Waals surface area contributed by atoms with Crippen molar-refractivity contribution >= 4 is 11.6 Å². The molecule has 1 amide bonds. The van der Waals surface area contributed by atoms with E-state index in [4.69, 9.17) is 5.73 Å². The van der Waals surface area contributed by atoms with E-state index in [0.29, 0.717) is 25.0 Å². The minimum absolute atomic E-state index is 0.0483. The second-order valence-electron chi connectivity index (χ2n) is 6.76. The number of nitrogens with zero attached hydrogens (tertiary/aromatic N) is 1. The van der Waals surface area contributed by atoms with Gasteiger partial charge in [-0.25, -0.2) is 0 Å². The van der Waals surface area contributed by atoms with Crippen LogP contribution < -0.4 is 11.1 Å². The highest BCUT2D eigenvalue weighted by Gasteiger charge is 2.37. The van der Waals surface area contributed by atoms with Gasteiger partial charge in [0.15, 0.2) is 0 Å². The summed E-state index contributed by atoms with van der Waals surface area (Å²) in [4.78, 5) is 14.7. The van der Waals surface area contributed by atoms with Crippen molar-refractivity contribution in [3.05, 3.63) is 30.3 Å². The molecule has 1 fully saturated rings. The SMILES string of the molecule is CN(CC(C)(C)C(=O)Nc1ccccc1)C(CN)C1CC1. The largest absolute Gasteiger partial charge is 0.329 e. The number of hydrogen-bond acceptors (Lipinski definition) is 3. The summed E-state index contributed by atoms with van der Waals surface area (Å²) in [5, 5.41) is 2.99. The van der Waals surface area contributed by atoms with Gasteiger partial charge in [-0.2, -0.15) is 0 Å². The minimum atomic E-state index is -0.451. The van der Waals surface area contributed by atoms with E-state index in [1.165, 1.54) is 12.8 Å². The molecule has 1 aliphatic carbocycles. The van der Waals surface area contributed by atoms with Gasteiger partial charge in [0, 0.05) is 24.8 Å². The van der Waals surface area contributed by atoms with Crippen LogP contribution in [0, 0.1) is 11.3 Å². The standard InChI is InChI=1S/C17H27N3O/c1-17(2,12-20(3)15(11-18)13-9-10-13)16(21)19-14-7-5-4-6-8-14/h4-8,13,15H,9-12,18H2,1-3H3,(H,19,21). The molecular formula is C17H27N3O. The van der Waals surface area contributed by atoms with Crippen LogP contribution in [0.4, 0.5) is 5.69 Å². The predicted octanol–water partition coefficient (Wildman–Crippen LogP) is 2.32. The van der Waals surface area contributed by atoms with E-state index in [9.17, 15) is 4.79 Å². The molecule has 1 saturated carbocycles. The van der Waals surface area contributed by atoms with E-state index in [2.05, 4.69) is 17.3 Å². The first-order valence-electron chi connectivity index (χ1n) is 7.71. The van der Waals surface area contributed by atoms with Gasteiger partial charge in [0.2, 0.25) is 5.91 Å². The summed E-state index contributed by atoms with van der Waals surface area (Å²) in [6.07, 6.45) is 2.53. The normalized spacial score (nSPS) is 16.8. The van der Waals surface area contributed by atoms with Crippen LogP contribution in [-0.2, 0) is 4.79 Å². The number of anilines is 1. The van der Waals surface area contributed by atoms with Crippen LogP contribution in [0.3, 0.4) is 0 Å². The lowest BCUT2D eigenvalue weighted by Crippen LogP contribution is -2.47. The Morgan fingerprint density at radius 2 is 2.00 bits per heavy atom. The summed E-state index contributed by atoms with van der Waals surface area (Å²) in [6.45, 7) is 5.35. The Bertz CT molecular complexity index is 468. The molecule has 2 rings (SSSR count). The van der Waals surface area contributed by atoms with Gasteiger partial charge in [0.25, 0.3) is 0 Å². The summed E-state index contributed by atoms with van der Waals surface area (Å²) < 4.78 is 0. The molecule has 0 aromatic heterocycles. The zero-order valence-corrected chi connectivity index (χ0v) is 13.3. The highest BCUT2D eigenvalue weighted by atomic mass is 16.2. The van der Waals surface area contributed by atoms with E-state index < -0.39 is 5.41 Å². The van der Waals surface area contributed by atoms with Gasteiger partial charge in [-0.3, -0.25) is 4.79 Å². The lowest BCUT2D eigenvalue weighted by molar-refractivity contribution is -0.125. The zero-order chi connectivity index (χ0) is 15.5. The summed E-state index contributed by atoms with van der Waals surface area (Å²) in [5.74, 6) is 0.764. The number of carbonyl (C=O) groups excluding carboxylic acids is 1. The van der Waals surface area contributed by atoms with E-state index in [0.717, 1.165) is 5.69 Å². The van der Waals surface area contributed by atoms with Crippen LogP contribution in [0.15, 0.2) is 30.3 Å². The molecule has 0 heterocycles. The first-order chi connectivity index (χ1) is 9.94. The lowest BCUT2D eigenvalue weighted by atomic mass is 9.90. The molecule has 0 aliphatic heterocycles. The minimum Gasteiger partial charge on any atom is -0.329 e. The number of para-hydroxylation sites is 1. The van der Waals surface area contributed by atoms with E-state index in [1.54, 1.807) is 0 Å². The van der Waals surface area contributed by atoms with Gasteiger partial charge in [-0.15, -0.1) is 0 Å². The number of hydrogen-bond donors (Lipinski definition) is 2. The molecular weight excluding hydrogens is 262 g/mol. The third kappa shape index (κ3) is 4.29. The van der Waals surface area contributed by atoms with E-state index in [1.807, 2.05) is 44.2 Å². The monoisotopic (exact) mass is 289 g/mol. The molecule has 1 unspecified atom stereocenters. The summed E-state index contributed by atoms with van der Waals surface area (Å²) in [7, 11) is 2.08. The van der Waals surface area contributed by atoms with Gasteiger partial charge >= 0.3 is 0 Å². The Kier molecular flexibility index (Phi) is 5.01. The highest BCUT2D eigenvalue weighted by Crippen LogP contribution is 2.35. The smallest absolute Gasteiger partial charge is 0.231 e. The van der Waals surface area contributed by atoms with Crippen molar-refractivity contribution in [1.82, 2.24) is 4.90 Å². The quantitative estimate of drug-likeness (QED) is 0.810. The molecule has 1 aromatic carbocycles. The van der Waals surface area contributed by atoms with Gasteiger partial charge in [-0.05, 0) is 51.8 Å². The second-order valence-corrected chi connectivity index (χ2v) is 6.76. The van der Waals surface area contributed by atoms with Crippen molar-refractivity contribution < 1.29 is 4.79 Å². The fourth-order valence-corrected chi connectivity index (χ4v) is 2.85. The first kappa shape index (κ1) is 16.0. The van der Waals surface area contributed by atoms with Crippen LogP contribution in [0.1, 0.15) is 26.7 Å². The highest BCUT2D eigenvalue weighted by molar-refractivity contribution is 5.94. The third-order valence-corrected chi connectivity index (χ3v) is 4.26. The molecule has 4 heteroatoms. The van der Waals surface area contributed by atoms with Crippen molar-refractivity contribution in [1.29, 1.82) is 0 Å². The fourth-order valence-electron chi connectivity index (χ4n) is 2.85. The van der Waals surface area contributed by atoms with Gasteiger partial charge < -0.3 is 16.0 Å². The van der Waals surface area contributed by atoms with Crippen molar-refractivity contribution in [2.75, 3.05) is 25.5 Å². The number of nitrogens with one attached hydrogen (secondary N) is 1. The molecule has 0 spiro atoms. The molecule has 0 radical (unpaired) electrons. The molecule has 21 heavy (non-hydrogen) atoms. The van der Waals surface area contributed by atoms with Crippen LogP contribution in [0.5, 0.6) is 0 Å². The molecule has 4 nitrogen and oxygen atoms in total. The summed E-state index contributed by atoms with van der Waals surface area (Å²) >= 11 is 0. The molecule has 3 N–H and O–H groups in total. The fraction of sp³-hybridized carbons (Fsp3) is 0.588. The molecule has 0 bridgehead atoms. The number of likely N-dealkylation sites (N-methyl/N-ethyl adjacent to an activating group) is 1. The van der Waals surface area contributed by atoms with Crippen molar-refractivity contribution in [3.8, 4) is 0 Å². The third-order valence-electron chi connectivity index (χ3n) is 4.26. The van der Waals surface area contributed by atoms with Crippen LogP contribution in [-0.4, -0.2) is 37.0 Å². The number of amides is 1. The van der Waals surface area contributed by atoms with Crippen LogP contribution in [0.25, 0.3) is 0 Å². The molecule has 116 valence electrons. The lowest BCUT2D eigenvalue weighted by Gasteiger charge is -2.34.